The lowest BCUT2D eigenvalue weighted by Crippen LogP contribution is -2.48. The summed E-state index contributed by atoms with van der Waals surface area (Å²) in [5.41, 5.74) is 4.31. The summed E-state index contributed by atoms with van der Waals surface area (Å²) < 4.78 is 7.54. The molecule has 0 N–H and O–H groups in total. The van der Waals surface area contributed by atoms with Crippen LogP contribution >= 0.6 is 0 Å². The first-order chi connectivity index (χ1) is 14.7. The number of aromatic nitrogens is 3. The molecule has 2 saturated heterocycles. The van der Waals surface area contributed by atoms with E-state index < -0.39 is 0 Å². The molecule has 0 unspecified atom stereocenters. The summed E-state index contributed by atoms with van der Waals surface area (Å²) >= 11 is 0. The molecular weight excluding hydrogens is 378 g/mol. The Hall–Kier alpha value is -2.93. The van der Waals surface area contributed by atoms with E-state index in [0.29, 0.717) is 26.3 Å². The van der Waals surface area contributed by atoms with Crippen LogP contribution in [0.15, 0.2) is 42.6 Å². The highest BCUT2D eigenvalue weighted by molar-refractivity contribution is 5.82. The molecule has 2 amide bonds. The van der Waals surface area contributed by atoms with Crippen molar-refractivity contribution >= 4 is 16.9 Å². The lowest BCUT2D eigenvalue weighted by molar-refractivity contribution is 0.0447. The molecule has 5 heterocycles. The monoisotopic (exact) mass is 403 g/mol. The molecular formula is C23H25N5O2. The normalized spacial score (nSPS) is 23.5. The second-order valence-electron chi connectivity index (χ2n) is 8.64. The predicted octanol–water partition coefficient (Wildman–Crippen LogP) is 2.90. The molecule has 1 spiro atoms. The Bertz CT molecular complexity index is 1120. The van der Waals surface area contributed by atoms with Crippen molar-refractivity contribution in [2.45, 2.75) is 24.8 Å². The van der Waals surface area contributed by atoms with Gasteiger partial charge in [-0.15, -0.1) is 0 Å². The van der Waals surface area contributed by atoms with Crippen molar-refractivity contribution in [3.05, 3.63) is 48.3 Å². The highest BCUT2D eigenvalue weighted by atomic mass is 16.5. The van der Waals surface area contributed by atoms with Crippen molar-refractivity contribution in [1.29, 1.82) is 0 Å². The number of nitrogens with zero attached hydrogens (tertiary/aromatic N) is 5. The zero-order chi connectivity index (χ0) is 20.1. The van der Waals surface area contributed by atoms with Gasteiger partial charge in [0.05, 0.1) is 24.4 Å². The first-order valence-corrected chi connectivity index (χ1v) is 10.8. The van der Waals surface area contributed by atoms with Gasteiger partial charge in [0, 0.05) is 61.0 Å². The van der Waals surface area contributed by atoms with Gasteiger partial charge in [0.2, 0.25) is 0 Å². The number of carbonyl (C=O) groups is 1. The van der Waals surface area contributed by atoms with Crippen molar-refractivity contribution in [1.82, 2.24) is 24.6 Å². The van der Waals surface area contributed by atoms with Crippen LogP contribution < -0.4 is 0 Å². The molecule has 1 atom stereocenters. The zero-order valence-corrected chi connectivity index (χ0v) is 17.0. The Labute approximate surface area is 175 Å². The van der Waals surface area contributed by atoms with Crippen LogP contribution in [0.4, 0.5) is 4.79 Å². The third-order valence-electron chi connectivity index (χ3n) is 6.92. The highest BCUT2D eigenvalue weighted by Crippen LogP contribution is 2.44. The van der Waals surface area contributed by atoms with Gasteiger partial charge in [0.25, 0.3) is 0 Å². The molecule has 3 aliphatic heterocycles. The number of amides is 2. The zero-order valence-electron chi connectivity index (χ0n) is 17.0. The highest BCUT2D eigenvalue weighted by Gasteiger charge is 2.47. The number of likely N-dealkylation sites (tertiary alicyclic amines) is 1. The van der Waals surface area contributed by atoms with Crippen LogP contribution in [0.1, 0.15) is 18.5 Å². The first-order valence-electron chi connectivity index (χ1n) is 10.8. The van der Waals surface area contributed by atoms with Crippen molar-refractivity contribution in [2.75, 3.05) is 39.4 Å². The Morgan fingerprint density at radius 1 is 1.00 bits per heavy atom. The molecule has 7 nitrogen and oxygen atoms in total. The maximum atomic E-state index is 13.0. The van der Waals surface area contributed by atoms with Crippen molar-refractivity contribution in [3.63, 3.8) is 0 Å². The first kappa shape index (κ1) is 17.9. The molecule has 2 fully saturated rings. The van der Waals surface area contributed by atoms with Crippen molar-refractivity contribution in [3.8, 4) is 11.3 Å². The van der Waals surface area contributed by atoms with Gasteiger partial charge in [-0.05, 0) is 31.0 Å². The molecule has 1 aromatic carbocycles. The molecule has 2 aromatic heterocycles. The smallest absolute Gasteiger partial charge is 0.320 e. The number of ether oxygens (including phenoxy) is 1. The van der Waals surface area contributed by atoms with E-state index in [4.69, 9.17) is 9.84 Å². The number of morpholine rings is 1. The number of para-hydroxylation sites is 1. The number of hydrogen-bond donors (Lipinski definition) is 0. The van der Waals surface area contributed by atoms with Gasteiger partial charge in [-0.1, -0.05) is 18.2 Å². The second kappa shape index (κ2) is 6.80. The average Bonchev–Trinajstić information content (AvgIpc) is 3.50. The van der Waals surface area contributed by atoms with Gasteiger partial charge in [-0.2, -0.15) is 5.10 Å². The Balaban J connectivity index is 1.27. The number of rotatable bonds is 1. The van der Waals surface area contributed by atoms with E-state index in [2.05, 4.69) is 27.9 Å². The Morgan fingerprint density at radius 2 is 1.83 bits per heavy atom. The maximum Gasteiger partial charge on any atom is 0.320 e. The van der Waals surface area contributed by atoms with Crippen LogP contribution in [0.2, 0.25) is 0 Å². The Kier molecular flexibility index (Phi) is 4.06. The van der Waals surface area contributed by atoms with Gasteiger partial charge in [-0.25, -0.2) is 4.79 Å². The largest absolute Gasteiger partial charge is 0.378 e. The summed E-state index contributed by atoms with van der Waals surface area (Å²) in [6.45, 7) is 5.18. The standard InChI is InChI=1S/C23H25N5O2/c29-22(26-9-11-30-12-10-26)27-7-5-23(16-27)6-8-28-21(23)14-20(25-28)18-13-17-3-1-2-4-19(17)24-15-18/h1-4,13-15H,5-12,16H2/t23-/m0/s1. The number of benzene rings is 1. The van der Waals surface area contributed by atoms with Crippen molar-refractivity contribution in [2.24, 2.45) is 0 Å². The number of fused-ring (bicyclic) bond motifs is 3. The molecule has 0 radical (unpaired) electrons. The topological polar surface area (TPSA) is 63.5 Å². The van der Waals surface area contributed by atoms with Crippen molar-refractivity contribution < 1.29 is 9.53 Å². The fourth-order valence-corrected chi connectivity index (χ4v) is 5.22. The number of urea groups is 1. The van der Waals surface area contributed by atoms with Gasteiger partial charge in [0.1, 0.15) is 0 Å². The minimum atomic E-state index is 0.0253. The molecule has 30 heavy (non-hydrogen) atoms. The number of pyridine rings is 1. The summed E-state index contributed by atoms with van der Waals surface area (Å²) in [6, 6.07) is 12.7. The molecule has 0 aliphatic carbocycles. The molecule has 0 bridgehead atoms. The maximum absolute atomic E-state index is 13.0. The summed E-state index contributed by atoms with van der Waals surface area (Å²) in [5, 5.41) is 6.02. The minimum Gasteiger partial charge on any atom is -0.378 e. The lowest BCUT2D eigenvalue weighted by Gasteiger charge is -2.31. The van der Waals surface area contributed by atoms with Crippen LogP contribution in [0, 0.1) is 0 Å². The summed E-state index contributed by atoms with van der Waals surface area (Å²) in [5.74, 6) is 0. The summed E-state index contributed by atoms with van der Waals surface area (Å²) in [4.78, 5) is 21.5. The molecule has 6 rings (SSSR count). The second-order valence-corrected chi connectivity index (χ2v) is 8.64. The Morgan fingerprint density at radius 3 is 2.73 bits per heavy atom. The van der Waals surface area contributed by atoms with E-state index in [-0.39, 0.29) is 11.4 Å². The van der Waals surface area contributed by atoms with Gasteiger partial charge in [0.15, 0.2) is 0 Å². The molecule has 7 heteroatoms. The van der Waals surface area contributed by atoms with Gasteiger partial charge < -0.3 is 14.5 Å². The predicted molar refractivity (Wildman–Crippen MR) is 113 cm³/mol. The van der Waals surface area contributed by atoms with E-state index in [1.165, 1.54) is 5.69 Å². The van der Waals surface area contributed by atoms with Crippen LogP contribution in [0.25, 0.3) is 22.2 Å². The summed E-state index contributed by atoms with van der Waals surface area (Å²) in [6.07, 6.45) is 3.97. The van der Waals surface area contributed by atoms with Crippen LogP contribution in [0.5, 0.6) is 0 Å². The molecule has 0 saturated carbocycles. The lowest BCUT2D eigenvalue weighted by atomic mass is 9.82. The number of aryl methyl sites for hydroxylation is 1. The average molecular weight is 403 g/mol. The molecule has 3 aromatic rings. The summed E-state index contributed by atoms with van der Waals surface area (Å²) in [7, 11) is 0. The SMILES string of the molecule is O=C(N1CCOCC1)N1CC[C@]2(CCn3nc(-c4cnc5ccccc5c4)cc32)C1. The fourth-order valence-electron chi connectivity index (χ4n) is 5.22. The van der Waals surface area contributed by atoms with Crippen LogP contribution in [-0.4, -0.2) is 70.0 Å². The van der Waals surface area contributed by atoms with Gasteiger partial charge >= 0.3 is 6.03 Å². The molecule has 3 aliphatic rings. The number of carbonyl (C=O) groups excluding carboxylic acids is 1. The van der Waals surface area contributed by atoms with Gasteiger partial charge in [-0.3, -0.25) is 9.67 Å². The molecule has 154 valence electrons. The van der Waals surface area contributed by atoms with E-state index in [1.54, 1.807) is 0 Å². The van der Waals surface area contributed by atoms with E-state index in [9.17, 15) is 4.79 Å². The third-order valence-corrected chi connectivity index (χ3v) is 6.92. The van der Waals surface area contributed by atoms with E-state index in [1.807, 2.05) is 34.2 Å². The third kappa shape index (κ3) is 2.80. The van der Waals surface area contributed by atoms with Crippen LogP contribution in [0.3, 0.4) is 0 Å². The van der Waals surface area contributed by atoms with Crippen LogP contribution in [-0.2, 0) is 16.7 Å². The van der Waals surface area contributed by atoms with E-state index >= 15 is 0 Å². The quantitative estimate of drug-likeness (QED) is 0.627. The minimum absolute atomic E-state index is 0.0253. The van der Waals surface area contributed by atoms with E-state index in [0.717, 1.165) is 54.6 Å². The fraction of sp³-hybridized carbons (Fsp3) is 0.435. The number of hydrogen-bond acceptors (Lipinski definition) is 4.